The van der Waals surface area contributed by atoms with Crippen LogP contribution in [0, 0.1) is 0 Å². The molecule has 0 aliphatic carbocycles. The van der Waals surface area contributed by atoms with Crippen LogP contribution in [0.15, 0.2) is 66.9 Å². The number of hydrogen-bond acceptors (Lipinski definition) is 6. The van der Waals surface area contributed by atoms with Crippen LogP contribution in [0.4, 0.5) is 0 Å². The first-order chi connectivity index (χ1) is 18.3. The fourth-order valence-corrected chi connectivity index (χ4v) is 4.92. The number of aliphatic hydroxyl groups is 2. The smallest absolute Gasteiger partial charge is 0.255 e. The van der Waals surface area contributed by atoms with Crippen molar-refractivity contribution in [1.82, 2.24) is 15.2 Å². The molecule has 9 heteroatoms. The molecular formula is C29H32ClN3O5. The first-order valence-electron chi connectivity index (χ1n) is 12.7. The van der Waals surface area contributed by atoms with Crippen LogP contribution in [-0.2, 0) is 9.59 Å². The van der Waals surface area contributed by atoms with Crippen LogP contribution in [0.1, 0.15) is 50.0 Å². The molecule has 1 aliphatic rings. The van der Waals surface area contributed by atoms with E-state index in [1.54, 1.807) is 37.4 Å². The quantitative estimate of drug-likeness (QED) is 0.379. The molecule has 4 atom stereocenters. The predicted octanol–water partition coefficient (Wildman–Crippen LogP) is 4.06. The number of carbonyl (C=O) groups excluding carboxylic acids is 2. The highest BCUT2D eigenvalue weighted by molar-refractivity contribution is 6.30. The molecule has 0 radical (unpaired) electrons. The van der Waals surface area contributed by atoms with Crippen molar-refractivity contribution in [3.8, 4) is 16.9 Å². The molecule has 0 bridgehead atoms. The molecule has 1 saturated heterocycles. The SMILES string of the molecule is CCOc1ccccc1-c1ccc(C(C)NC(=O)[C@H](O)[C@@H](O)C(=O)N2CCCC2c2cccc(Cl)c2)nc1. The van der Waals surface area contributed by atoms with E-state index in [1.165, 1.54) is 4.90 Å². The van der Waals surface area contributed by atoms with Gasteiger partial charge in [-0.05, 0) is 56.5 Å². The van der Waals surface area contributed by atoms with Crippen molar-refractivity contribution in [3.05, 3.63) is 83.1 Å². The molecular weight excluding hydrogens is 506 g/mol. The van der Waals surface area contributed by atoms with Crippen LogP contribution in [-0.4, -0.2) is 57.3 Å². The summed E-state index contributed by atoms with van der Waals surface area (Å²) in [6.07, 6.45) is -0.690. The molecule has 3 aromatic rings. The molecule has 2 heterocycles. The van der Waals surface area contributed by atoms with Crippen LogP contribution in [0.25, 0.3) is 11.1 Å². The molecule has 2 aromatic carbocycles. The molecule has 1 fully saturated rings. The van der Waals surface area contributed by atoms with Gasteiger partial charge in [0, 0.05) is 28.9 Å². The summed E-state index contributed by atoms with van der Waals surface area (Å²) in [5.41, 5.74) is 3.17. The highest BCUT2D eigenvalue weighted by atomic mass is 35.5. The minimum absolute atomic E-state index is 0.277. The van der Waals surface area contributed by atoms with E-state index in [-0.39, 0.29) is 6.04 Å². The number of ether oxygens (including phenoxy) is 1. The zero-order chi connectivity index (χ0) is 27.2. The fraction of sp³-hybridized carbons (Fsp3) is 0.345. The lowest BCUT2D eigenvalue weighted by molar-refractivity contribution is -0.154. The number of halogens is 1. The van der Waals surface area contributed by atoms with Gasteiger partial charge in [0.15, 0.2) is 12.2 Å². The number of nitrogens with zero attached hydrogens (tertiary/aromatic N) is 2. The summed E-state index contributed by atoms with van der Waals surface area (Å²) in [5, 5.41) is 24.3. The van der Waals surface area contributed by atoms with Crippen LogP contribution in [0.5, 0.6) is 5.75 Å². The van der Waals surface area contributed by atoms with Gasteiger partial charge in [-0.1, -0.05) is 48.0 Å². The van der Waals surface area contributed by atoms with Gasteiger partial charge in [-0.15, -0.1) is 0 Å². The number of hydrogen-bond donors (Lipinski definition) is 3. The van der Waals surface area contributed by atoms with Crippen molar-refractivity contribution in [3.63, 3.8) is 0 Å². The molecule has 3 N–H and O–H groups in total. The standard InChI is InChI=1S/C29H32ClN3O5/c1-3-38-25-12-5-4-10-22(25)20-13-14-23(31-17-20)18(2)32-28(36)26(34)27(35)29(37)33-15-7-11-24(33)19-8-6-9-21(30)16-19/h4-6,8-10,12-14,16-18,24,26-27,34-35H,3,7,11,15H2,1-2H3,(H,32,36)/t18?,24?,26-,27-/m1/s1. The summed E-state index contributed by atoms with van der Waals surface area (Å²) in [6, 6.07) is 17.7. The minimum Gasteiger partial charge on any atom is -0.493 e. The van der Waals surface area contributed by atoms with E-state index in [1.807, 2.05) is 43.3 Å². The fourth-order valence-electron chi connectivity index (χ4n) is 4.72. The molecule has 38 heavy (non-hydrogen) atoms. The van der Waals surface area contributed by atoms with Crippen molar-refractivity contribution >= 4 is 23.4 Å². The lowest BCUT2D eigenvalue weighted by Crippen LogP contribution is -2.51. The van der Waals surface area contributed by atoms with E-state index in [9.17, 15) is 19.8 Å². The van der Waals surface area contributed by atoms with E-state index >= 15 is 0 Å². The normalized spacial score (nSPS) is 17.5. The van der Waals surface area contributed by atoms with Crippen molar-refractivity contribution in [2.24, 2.45) is 0 Å². The zero-order valence-electron chi connectivity index (χ0n) is 21.4. The Morgan fingerprint density at radius 2 is 1.92 bits per heavy atom. The van der Waals surface area contributed by atoms with E-state index in [4.69, 9.17) is 16.3 Å². The lowest BCUT2D eigenvalue weighted by Gasteiger charge is -2.29. The average molecular weight is 538 g/mol. The highest BCUT2D eigenvalue weighted by Crippen LogP contribution is 2.34. The number of aromatic nitrogens is 1. The Balaban J connectivity index is 1.39. The molecule has 4 rings (SSSR count). The van der Waals surface area contributed by atoms with E-state index < -0.39 is 30.1 Å². The Hall–Kier alpha value is -3.46. The van der Waals surface area contributed by atoms with Gasteiger partial charge in [-0.3, -0.25) is 14.6 Å². The molecule has 8 nitrogen and oxygen atoms in total. The maximum atomic E-state index is 13.0. The highest BCUT2D eigenvalue weighted by Gasteiger charge is 2.38. The van der Waals surface area contributed by atoms with Crippen LogP contribution in [0.3, 0.4) is 0 Å². The van der Waals surface area contributed by atoms with E-state index in [0.717, 1.165) is 28.9 Å². The first kappa shape index (κ1) is 27.6. The Bertz CT molecular complexity index is 1270. The Morgan fingerprint density at radius 1 is 1.13 bits per heavy atom. The van der Waals surface area contributed by atoms with Gasteiger partial charge >= 0.3 is 0 Å². The summed E-state index contributed by atoms with van der Waals surface area (Å²) in [7, 11) is 0. The number of amides is 2. The van der Waals surface area contributed by atoms with Gasteiger partial charge in [0.05, 0.1) is 24.4 Å². The number of rotatable bonds is 9. The molecule has 1 aromatic heterocycles. The summed E-state index contributed by atoms with van der Waals surface area (Å²) in [5.74, 6) is -0.800. The number of para-hydroxylation sites is 1. The molecule has 1 aliphatic heterocycles. The van der Waals surface area contributed by atoms with Gasteiger partial charge in [0.25, 0.3) is 11.8 Å². The Labute approximate surface area is 227 Å². The third-order valence-electron chi connectivity index (χ3n) is 6.68. The lowest BCUT2D eigenvalue weighted by atomic mass is 10.0. The number of likely N-dealkylation sites (tertiary alicyclic amines) is 1. The second-order valence-electron chi connectivity index (χ2n) is 9.27. The largest absolute Gasteiger partial charge is 0.493 e. The molecule has 2 amide bonds. The second kappa shape index (κ2) is 12.4. The van der Waals surface area contributed by atoms with E-state index in [2.05, 4.69) is 10.3 Å². The third kappa shape index (κ3) is 6.15. The average Bonchev–Trinajstić information content (AvgIpc) is 3.42. The summed E-state index contributed by atoms with van der Waals surface area (Å²) in [4.78, 5) is 31.7. The summed E-state index contributed by atoms with van der Waals surface area (Å²) in [6.45, 7) is 4.59. The Kier molecular flexibility index (Phi) is 8.99. The molecule has 0 spiro atoms. The van der Waals surface area contributed by atoms with Crippen molar-refractivity contribution < 1.29 is 24.5 Å². The third-order valence-corrected chi connectivity index (χ3v) is 6.91. The topological polar surface area (TPSA) is 112 Å². The van der Waals surface area contributed by atoms with Crippen molar-refractivity contribution in [2.75, 3.05) is 13.2 Å². The molecule has 0 saturated carbocycles. The van der Waals surface area contributed by atoms with E-state index in [0.29, 0.717) is 30.3 Å². The monoisotopic (exact) mass is 537 g/mol. The maximum absolute atomic E-state index is 13.0. The summed E-state index contributed by atoms with van der Waals surface area (Å²) < 4.78 is 5.69. The maximum Gasteiger partial charge on any atom is 0.255 e. The number of benzene rings is 2. The van der Waals surface area contributed by atoms with Gasteiger partial charge < -0.3 is 25.2 Å². The number of carbonyl (C=O) groups is 2. The van der Waals surface area contributed by atoms with Gasteiger partial charge in [-0.2, -0.15) is 0 Å². The molecule has 2 unspecified atom stereocenters. The second-order valence-corrected chi connectivity index (χ2v) is 9.70. The number of aliphatic hydroxyl groups excluding tert-OH is 2. The first-order valence-corrected chi connectivity index (χ1v) is 13.1. The van der Waals surface area contributed by atoms with Crippen LogP contribution in [0.2, 0.25) is 5.02 Å². The van der Waals surface area contributed by atoms with Gasteiger partial charge in [-0.25, -0.2) is 0 Å². The van der Waals surface area contributed by atoms with Crippen LogP contribution >= 0.6 is 11.6 Å². The Morgan fingerprint density at radius 3 is 2.63 bits per heavy atom. The summed E-state index contributed by atoms with van der Waals surface area (Å²) >= 11 is 6.11. The van der Waals surface area contributed by atoms with Crippen molar-refractivity contribution in [2.45, 2.75) is 51.0 Å². The van der Waals surface area contributed by atoms with Crippen LogP contribution < -0.4 is 10.1 Å². The zero-order valence-corrected chi connectivity index (χ0v) is 22.1. The minimum atomic E-state index is -1.93. The molecule has 200 valence electrons. The number of pyridine rings is 1. The predicted molar refractivity (Wildman–Crippen MR) is 145 cm³/mol. The van der Waals surface area contributed by atoms with Gasteiger partial charge in [0.1, 0.15) is 5.75 Å². The number of nitrogens with one attached hydrogen (secondary N) is 1. The van der Waals surface area contributed by atoms with Crippen molar-refractivity contribution in [1.29, 1.82) is 0 Å². The van der Waals surface area contributed by atoms with Gasteiger partial charge in [0.2, 0.25) is 0 Å².